The zero-order chi connectivity index (χ0) is 30.4. The van der Waals surface area contributed by atoms with Crippen LogP contribution in [0.15, 0.2) is 156 Å². The van der Waals surface area contributed by atoms with Crippen LogP contribution < -0.4 is 10.6 Å². The van der Waals surface area contributed by atoms with Crippen molar-refractivity contribution in [2.45, 2.75) is 12.0 Å². The van der Waals surface area contributed by atoms with E-state index in [0.29, 0.717) is 5.92 Å². The van der Waals surface area contributed by atoms with Gasteiger partial charge in [-0.25, -0.2) is 0 Å². The molecule has 3 heterocycles. The number of para-hydroxylation sites is 3. The predicted octanol–water partition coefficient (Wildman–Crippen LogP) is 10.7. The minimum Gasteiger partial charge on any atom is -0.455 e. The Balaban J connectivity index is 1.26. The first-order valence-electron chi connectivity index (χ1n) is 15.8. The fourth-order valence-electron chi connectivity index (χ4n) is 7.87. The van der Waals surface area contributed by atoms with Crippen molar-refractivity contribution in [3.63, 3.8) is 0 Å². The van der Waals surface area contributed by atoms with Gasteiger partial charge in [-0.2, -0.15) is 0 Å². The van der Waals surface area contributed by atoms with E-state index in [9.17, 15) is 0 Å². The van der Waals surface area contributed by atoms with Crippen LogP contribution in [0.25, 0.3) is 60.6 Å². The number of fused-ring (bicyclic) bond motifs is 10. The van der Waals surface area contributed by atoms with Crippen LogP contribution in [-0.4, -0.2) is 10.6 Å². The van der Waals surface area contributed by atoms with E-state index in [-0.39, 0.29) is 6.04 Å². The van der Waals surface area contributed by atoms with Crippen LogP contribution in [0.1, 0.15) is 11.5 Å². The molecular formula is C42H29N3O. The molecule has 0 amide bonds. The number of benzene rings is 6. The Labute approximate surface area is 265 Å². The second kappa shape index (κ2) is 9.50. The van der Waals surface area contributed by atoms with Crippen LogP contribution in [-0.2, 0) is 0 Å². The number of nitrogens with zero attached hydrogens (tertiary/aromatic N) is 2. The van der Waals surface area contributed by atoms with Crippen molar-refractivity contribution in [2.24, 2.45) is 0 Å². The van der Waals surface area contributed by atoms with Gasteiger partial charge in [-0.3, -0.25) is 0 Å². The van der Waals surface area contributed by atoms with Crippen LogP contribution in [0.4, 0.5) is 17.1 Å². The summed E-state index contributed by atoms with van der Waals surface area (Å²) in [6.07, 6.45) is 8.96. The van der Waals surface area contributed by atoms with Crippen molar-refractivity contribution in [2.75, 3.05) is 10.6 Å². The van der Waals surface area contributed by atoms with Crippen molar-refractivity contribution >= 4 is 60.8 Å². The maximum Gasteiger partial charge on any atom is 0.145 e. The highest BCUT2D eigenvalue weighted by molar-refractivity contribution is 6.24. The average Bonchev–Trinajstić information content (AvgIpc) is 3.76. The van der Waals surface area contributed by atoms with Crippen molar-refractivity contribution in [3.05, 3.63) is 157 Å². The third kappa shape index (κ3) is 3.50. The molecule has 46 heavy (non-hydrogen) atoms. The van der Waals surface area contributed by atoms with Crippen LogP contribution in [0.2, 0.25) is 0 Å². The van der Waals surface area contributed by atoms with Gasteiger partial charge in [0.2, 0.25) is 0 Å². The Morgan fingerprint density at radius 2 is 1.41 bits per heavy atom. The molecule has 2 N–H and O–H groups in total. The molecule has 0 saturated carbocycles. The zero-order valence-corrected chi connectivity index (χ0v) is 25.0. The molecule has 2 atom stereocenters. The number of anilines is 3. The minimum atomic E-state index is 0.182. The standard InChI is InChI=1S/C42H29N3O/c43-27-19-20-29(39(25-27)45-35-15-7-4-12-30(35)31-13-5-8-16-36(31)45)26-18-22-37-34(24-26)41-38(44(37)28-10-2-1-3-11-28)23-21-33-32-14-6-9-17-40(32)46-42(33)41/h1-25,30,35H,43H2. The highest BCUT2D eigenvalue weighted by Crippen LogP contribution is 2.51. The second-order valence-corrected chi connectivity index (χ2v) is 12.3. The van der Waals surface area contributed by atoms with E-state index in [1.165, 1.54) is 11.3 Å². The Morgan fingerprint density at radius 3 is 2.35 bits per heavy atom. The van der Waals surface area contributed by atoms with Gasteiger partial charge < -0.3 is 19.6 Å². The SMILES string of the molecule is Nc1ccc(-c2ccc3c(c2)c2c4oc5ccccc5c4ccc2n3-c2ccccc2)c(N2c3ccccc3C3C=CC=CC32)c1. The Kier molecular flexibility index (Phi) is 5.23. The summed E-state index contributed by atoms with van der Waals surface area (Å²) in [6.45, 7) is 0. The molecule has 1 aliphatic heterocycles. The van der Waals surface area contributed by atoms with Gasteiger partial charge in [-0.15, -0.1) is 0 Å². The Morgan fingerprint density at radius 1 is 0.609 bits per heavy atom. The lowest BCUT2D eigenvalue weighted by molar-refractivity contribution is 0.673. The normalized spacial score (nSPS) is 17.0. The van der Waals surface area contributed by atoms with Gasteiger partial charge in [-0.05, 0) is 71.8 Å². The molecule has 6 aromatic carbocycles. The smallest absolute Gasteiger partial charge is 0.145 e. The largest absolute Gasteiger partial charge is 0.455 e. The predicted molar refractivity (Wildman–Crippen MR) is 191 cm³/mol. The maximum atomic E-state index is 6.64. The van der Waals surface area contributed by atoms with Crippen LogP contribution >= 0.6 is 0 Å². The summed E-state index contributed by atoms with van der Waals surface area (Å²) in [5.74, 6) is 0.295. The van der Waals surface area contributed by atoms with Gasteiger partial charge in [-0.1, -0.05) is 91.0 Å². The number of allylic oxidation sites excluding steroid dienone is 2. The number of furan rings is 1. The van der Waals surface area contributed by atoms with Gasteiger partial charge in [0.1, 0.15) is 11.2 Å². The summed E-state index contributed by atoms with van der Waals surface area (Å²) in [5, 5.41) is 4.54. The van der Waals surface area contributed by atoms with E-state index in [1.807, 2.05) is 12.1 Å². The number of rotatable bonds is 3. The molecule has 2 aliphatic rings. The Hall–Kier alpha value is -6.00. The maximum absolute atomic E-state index is 6.64. The molecule has 1 aliphatic carbocycles. The van der Waals surface area contributed by atoms with Gasteiger partial charge in [0.05, 0.1) is 28.1 Å². The number of hydrogen-bond donors (Lipinski definition) is 1. The minimum absolute atomic E-state index is 0.182. The molecule has 2 unspecified atom stereocenters. The summed E-state index contributed by atoms with van der Waals surface area (Å²) in [7, 11) is 0. The Bertz CT molecular complexity index is 2570. The molecule has 10 rings (SSSR count). The highest BCUT2D eigenvalue weighted by atomic mass is 16.3. The summed E-state index contributed by atoms with van der Waals surface area (Å²) in [6, 6.07) is 45.5. The van der Waals surface area contributed by atoms with Gasteiger partial charge in [0.25, 0.3) is 0 Å². The lowest BCUT2D eigenvalue weighted by Crippen LogP contribution is -2.29. The molecular weight excluding hydrogens is 562 g/mol. The van der Waals surface area contributed by atoms with Crippen molar-refractivity contribution in [3.8, 4) is 16.8 Å². The fraction of sp³-hybridized carbons (Fsp3) is 0.0476. The average molecular weight is 592 g/mol. The molecule has 0 radical (unpaired) electrons. The van der Waals surface area contributed by atoms with E-state index in [0.717, 1.165) is 71.9 Å². The van der Waals surface area contributed by atoms with Crippen LogP contribution in [0.3, 0.4) is 0 Å². The fourth-order valence-corrected chi connectivity index (χ4v) is 7.87. The zero-order valence-electron chi connectivity index (χ0n) is 25.0. The van der Waals surface area contributed by atoms with E-state index in [4.69, 9.17) is 10.2 Å². The van der Waals surface area contributed by atoms with E-state index in [1.54, 1.807) is 0 Å². The monoisotopic (exact) mass is 591 g/mol. The molecule has 218 valence electrons. The molecule has 0 bridgehead atoms. The van der Waals surface area contributed by atoms with Crippen LogP contribution in [0.5, 0.6) is 0 Å². The van der Waals surface area contributed by atoms with Gasteiger partial charge in [0, 0.05) is 44.7 Å². The lowest BCUT2D eigenvalue weighted by Gasteiger charge is -2.31. The first-order valence-corrected chi connectivity index (χ1v) is 15.8. The van der Waals surface area contributed by atoms with Crippen molar-refractivity contribution < 1.29 is 4.42 Å². The molecule has 2 aromatic heterocycles. The number of nitrogens with two attached hydrogens (primary N) is 1. The number of aromatic nitrogens is 1. The third-order valence-electron chi connectivity index (χ3n) is 9.84. The van der Waals surface area contributed by atoms with E-state index in [2.05, 4.69) is 149 Å². The molecule has 0 spiro atoms. The number of nitrogen functional groups attached to an aromatic ring is 1. The topological polar surface area (TPSA) is 47.3 Å². The van der Waals surface area contributed by atoms with Crippen LogP contribution in [0, 0.1) is 0 Å². The van der Waals surface area contributed by atoms with E-state index < -0.39 is 0 Å². The quantitative estimate of drug-likeness (QED) is 0.208. The van der Waals surface area contributed by atoms with E-state index >= 15 is 0 Å². The third-order valence-corrected chi connectivity index (χ3v) is 9.84. The molecule has 4 heteroatoms. The van der Waals surface area contributed by atoms with Gasteiger partial charge >= 0.3 is 0 Å². The first kappa shape index (κ1) is 25.3. The summed E-state index contributed by atoms with van der Waals surface area (Å²) < 4.78 is 8.99. The second-order valence-electron chi connectivity index (χ2n) is 12.3. The molecule has 0 fully saturated rings. The van der Waals surface area contributed by atoms with Gasteiger partial charge in [0.15, 0.2) is 0 Å². The summed E-state index contributed by atoms with van der Waals surface area (Å²) >= 11 is 0. The highest BCUT2D eigenvalue weighted by Gasteiger charge is 2.38. The number of hydrogen-bond acceptors (Lipinski definition) is 3. The molecule has 4 nitrogen and oxygen atoms in total. The summed E-state index contributed by atoms with van der Waals surface area (Å²) in [4.78, 5) is 2.47. The molecule has 0 saturated heterocycles. The lowest BCUT2D eigenvalue weighted by atomic mass is 9.91. The molecule has 8 aromatic rings. The first-order chi connectivity index (χ1) is 22.7. The van der Waals surface area contributed by atoms with Crippen molar-refractivity contribution in [1.29, 1.82) is 0 Å². The summed E-state index contributed by atoms with van der Waals surface area (Å²) in [5.41, 5.74) is 18.4. The van der Waals surface area contributed by atoms with Crippen molar-refractivity contribution in [1.82, 2.24) is 4.57 Å².